The van der Waals surface area contributed by atoms with E-state index in [0.717, 1.165) is 24.8 Å². The van der Waals surface area contributed by atoms with Crippen LogP contribution < -0.4 is 5.73 Å². The molecule has 3 heteroatoms. The van der Waals surface area contributed by atoms with Gasteiger partial charge in [0.2, 0.25) is 0 Å². The van der Waals surface area contributed by atoms with Crippen LogP contribution in [0.25, 0.3) is 0 Å². The van der Waals surface area contributed by atoms with E-state index in [-0.39, 0.29) is 5.82 Å². The van der Waals surface area contributed by atoms with Crippen LogP contribution in [-0.2, 0) is 6.42 Å². The van der Waals surface area contributed by atoms with Crippen LogP contribution in [0.4, 0.5) is 4.39 Å². The van der Waals surface area contributed by atoms with E-state index in [1.54, 1.807) is 6.92 Å². The molecule has 0 saturated heterocycles. The molecule has 0 bridgehead atoms. The lowest BCUT2D eigenvalue weighted by Gasteiger charge is -2.03. The minimum absolute atomic E-state index is 0.150. The maximum atomic E-state index is 12.9. The van der Waals surface area contributed by atoms with Gasteiger partial charge in [0.15, 0.2) is 0 Å². The van der Waals surface area contributed by atoms with Crippen molar-refractivity contribution in [2.75, 3.05) is 0 Å². The molecule has 1 rings (SSSR count). The van der Waals surface area contributed by atoms with Gasteiger partial charge in [-0.15, -0.1) is 0 Å². The van der Waals surface area contributed by atoms with Crippen LogP contribution in [0.3, 0.4) is 0 Å². The third-order valence-electron chi connectivity index (χ3n) is 2.11. The molecule has 0 aromatic heterocycles. The summed E-state index contributed by atoms with van der Waals surface area (Å²) < 4.78 is 12.9. The van der Waals surface area contributed by atoms with E-state index in [1.807, 2.05) is 12.1 Å². The zero-order valence-corrected chi connectivity index (χ0v) is 9.03. The Kier molecular flexibility index (Phi) is 4.01. The average Bonchev–Trinajstić information content (AvgIpc) is 2.10. The topological polar surface area (TPSA) is 26.0 Å². The van der Waals surface area contributed by atoms with Gasteiger partial charge in [0.05, 0.1) is 4.99 Å². The lowest BCUT2D eigenvalue weighted by atomic mass is 10.1. The molecule has 0 spiro atoms. The van der Waals surface area contributed by atoms with Gasteiger partial charge in [-0.05, 0) is 43.4 Å². The van der Waals surface area contributed by atoms with E-state index < -0.39 is 0 Å². The molecule has 0 radical (unpaired) electrons. The Bertz CT molecular complexity index is 336. The summed E-state index contributed by atoms with van der Waals surface area (Å²) in [6.45, 7) is 1.77. The quantitative estimate of drug-likeness (QED) is 0.775. The molecule has 0 heterocycles. The van der Waals surface area contributed by atoms with Gasteiger partial charge in [0.1, 0.15) is 5.82 Å². The standard InChI is InChI=1S/C11H14FNS/c1-8-7-9(5-6-10(8)12)3-2-4-11(13)14/h5-7H,2-4H2,1H3,(H2,13,14). The Morgan fingerprint density at radius 3 is 2.79 bits per heavy atom. The molecule has 76 valence electrons. The molecule has 0 atom stereocenters. The molecular weight excluding hydrogens is 197 g/mol. The molecule has 0 saturated carbocycles. The molecule has 14 heavy (non-hydrogen) atoms. The highest BCUT2D eigenvalue weighted by Crippen LogP contribution is 2.11. The van der Waals surface area contributed by atoms with Crippen molar-refractivity contribution in [2.24, 2.45) is 5.73 Å². The molecule has 2 N–H and O–H groups in total. The number of aryl methyl sites for hydroxylation is 2. The molecule has 0 aliphatic carbocycles. The molecule has 1 aromatic rings. The van der Waals surface area contributed by atoms with Gasteiger partial charge in [-0.25, -0.2) is 4.39 Å². The lowest BCUT2D eigenvalue weighted by Crippen LogP contribution is -2.07. The van der Waals surface area contributed by atoms with Gasteiger partial charge in [-0.2, -0.15) is 0 Å². The summed E-state index contributed by atoms with van der Waals surface area (Å²) in [5.74, 6) is -0.150. The highest BCUT2D eigenvalue weighted by molar-refractivity contribution is 7.80. The molecule has 0 aliphatic rings. The minimum atomic E-state index is -0.150. The number of hydrogen-bond acceptors (Lipinski definition) is 1. The number of benzene rings is 1. The Labute approximate surface area is 89.1 Å². The molecule has 1 nitrogen and oxygen atoms in total. The molecular formula is C11H14FNS. The van der Waals surface area contributed by atoms with E-state index in [0.29, 0.717) is 10.6 Å². The van der Waals surface area contributed by atoms with Gasteiger partial charge in [0.25, 0.3) is 0 Å². The maximum Gasteiger partial charge on any atom is 0.126 e. The number of hydrogen-bond donors (Lipinski definition) is 1. The van der Waals surface area contributed by atoms with Crippen LogP contribution >= 0.6 is 12.2 Å². The van der Waals surface area contributed by atoms with Crippen LogP contribution in [0.5, 0.6) is 0 Å². The van der Waals surface area contributed by atoms with Crippen molar-refractivity contribution in [3.05, 3.63) is 35.1 Å². The largest absolute Gasteiger partial charge is 0.393 e. The third-order valence-corrected chi connectivity index (χ3v) is 2.32. The minimum Gasteiger partial charge on any atom is -0.393 e. The molecule has 1 aromatic carbocycles. The fourth-order valence-electron chi connectivity index (χ4n) is 1.33. The highest BCUT2D eigenvalue weighted by atomic mass is 32.1. The Morgan fingerprint density at radius 1 is 1.50 bits per heavy atom. The predicted octanol–water partition coefficient (Wildman–Crippen LogP) is 2.74. The lowest BCUT2D eigenvalue weighted by molar-refractivity contribution is 0.617. The summed E-state index contributed by atoms with van der Waals surface area (Å²) >= 11 is 4.78. The van der Waals surface area contributed by atoms with Gasteiger partial charge in [-0.3, -0.25) is 0 Å². The van der Waals surface area contributed by atoms with Gasteiger partial charge >= 0.3 is 0 Å². The summed E-state index contributed by atoms with van der Waals surface area (Å²) in [5.41, 5.74) is 7.21. The fourth-order valence-corrected chi connectivity index (χ4v) is 1.47. The number of thiocarbonyl (C=S) groups is 1. The van der Waals surface area contributed by atoms with Crippen molar-refractivity contribution in [3.8, 4) is 0 Å². The van der Waals surface area contributed by atoms with Crippen molar-refractivity contribution >= 4 is 17.2 Å². The second-order valence-electron chi connectivity index (χ2n) is 3.40. The first-order valence-electron chi connectivity index (χ1n) is 4.63. The number of halogens is 1. The first kappa shape index (κ1) is 11.1. The summed E-state index contributed by atoms with van der Waals surface area (Å²) in [6, 6.07) is 5.18. The molecule has 0 aliphatic heterocycles. The smallest absolute Gasteiger partial charge is 0.126 e. The van der Waals surface area contributed by atoms with E-state index in [4.69, 9.17) is 18.0 Å². The Balaban J connectivity index is 2.51. The van der Waals surface area contributed by atoms with Crippen LogP contribution in [0.15, 0.2) is 18.2 Å². The van der Waals surface area contributed by atoms with E-state index in [1.165, 1.54) is 6.07 Å². The predicted molar refractivity (Wildman–Crippen MR) is 60.9 cm³/mol. The third kappa shape index (κ3) is 3.42. The van der Waals surface area contributed by atoms with Crippen molar-refractivity contribution in [2.45, 2.75) is 26.2 Å². The van der Waals surface area contributed by atoms with E-state index >= 15 is 0 Å². The van der Waals surface area contributed by atoms with Crippen molar-refractivity contribution in [1.82, 2.24) is 0 Å². The summed E-state index contributed by atoms with van der Waals surface area (Å²) in [4.78, 5) is 0.545. The molecule has 0 unspecified atom stereocenters. The van der Waals surface area contributed by atoms with Crippen molar-refractivity contribution < 1.29 is 4.39 Å². The van der Waals surface area contributed by atoms with Gasteiger partial charge < -0.3 is 5.73 Å². The molecule has 0 amide bonds. The zero-order valence-electron chi connectivity index (χ0n) is 8.22. The van der Waals surface area contributed by atoms with Crippen molar-refractivity contribution in [3.63, 3.8) is 0 Å². The Morgan fingerprint density at radius 2 is 2.21 bits per heavy atom. The highest BCUT2D eigenvalue weighted by Gasteiger charge is 1.99. The second-order valence-corrected chi connectivity index (χ2v) is 3.93. The van der Waals surface area contributed by atoms with Crippen LogP contribution in [0.1, 0.15) is 24.0 Å². The summed E-state index contributed by atoms with van der Waals surface area (Å²) in [6.07, 6.45) is 2.59. The van der Waals surface area contributed by atoms with Crippen LogP contribution in [-0.4, -0.2) is 4.99 Å². The van der Waals surface area contributed by atoms with Gasteiger partial charge in [-0.1, -0.05) is 24.4 Å². The average molecular weight is 211 g/mol. The summed E-state index contributed by atoms with van der Waals surface area (Å²) in [7, 11) is 0. The number of rotatable bonds is 4. The first-order chi connectivity index (χ1) is 6.59. The first-order valence-corrected chi connectivity index (χ1v) is 5.04. The Hall–Kier alpha value is -0.960. The zero-order chi connectivity index (χ0) is 10.6. The normalized spacial score (nSPS) is 10.1. The second kappa shape index (κ2) is 5.05. The number of nitrogens with two attached hydrogens (primary N) is 1. The van der Waals surface area contributed by atoms with E-state index in [2.05, 4.69) is 0 Å². The van der Waals surface area contributed by atoms with Crippen LogP contribution in [0, 0.1) is 12.7 Å². The SMILES string of the molecule is Cc1cc(CCCC(N)=S)ccc1F. The fraction of sp³-hybridized carbons (Fsp3) is 0.364. The van der Waals surface area contributed by atoms with Gasteiger partial charge in [0, 0.05) is 0 Å². The monoisotopic (exact) mass is 211 g/mol. The van der Waals surface area contributed by atoms with Crippen molar-refractivity contribution in [1.29, 1.82) is 0 Å². The van der Waals surface area contributed by atoms with E-state index in [9.17, 15) is 4.39 Å². The summed E-state index contributed by atoms with van der Waals surface area (Å²) in [5, 5.41) is 0. The molecule has 0 fully saturated rings. The van der Waals surface area contributed by atoms with Crippen LogP contribution in [0.2, 0.25) is 0 Å². The maximum absolute atomic E-state index is 12.9.